The van der Waals surface area contributed by atoms with Crippen LogP contribution < -0.4 is 0 Å². The number of nitrogens with zero attached hydrogens (tertiary/aromatic N) is 1. The minimum absolute atomic E-state index is 0.169. The van der Waals surface area contributed by atoms with Crippen molar-refractivity contribution in [2.45, 2.75) is 32.4 Å². The van der Waals surface area contributed by atoms with Crippen molar-refractivity contribution in [1.82, 2.24) is 4.90 Å². The van der Waals surface area contributed by atoms with E-state index in [1.807, 2.05) is 6.92 Å². The molecule has 1 N–H and O–H groups in total. The van der Waals surface area contributed by atoms with Crippen LogP contribution in [0.3, 0.4) is 0 Å². The average molecular weight is 233 g/mol. The Morgan fingerprint density at radius 1 is 1.67 bits per heavy atom. The molecule has 1 rings (SSSR count). The molecule has 15 heavy (non-hydrogen) atoms. The molecule has 1 saturated heterocycles. The maximum absolute atomic E-state index is 11.6. The summed E-state index contributed by atoms with van der Waals surface area (Å²) in [6, 6.07) is -0.744. The van der Waals surface area contributed by atoms with E-state index < -0.39 is 18.1 Å². The normalized spacial score (nSPS) is 22.5. The van der Waals surface area contributed by atoms with E-state index in [0.717, 1.165) is 6.42 Å². The molecule has 2 atom stereocenters. The summed E-state index contributed by atoms with van der Waals surface area (Å²) in [5.74, 6) is -0.141. The second kappa shape index (κ2) is 5.25. The van der Waals surface area contributed by atoms with Gasteiger partial charge in [0.2, 0.25) is 0 Å². The Labute approximate surface area is 92.8 Å². The lowest BCUT2D eigenvalue weighted by Crippen LogP contribution is -2.42. The molecule has 1 heterocycles. The maximum atomic E-state index is 11.6. The monoisotopic (exact) mass is 233 g/mol. The summed E-state index contributed by atoms with van der Waals surface area (Å²) < 4.78 is 5.07. The molecule has 5 nitrogen and oxygen atoms in total. The zero-order chi connectivity index (χ0) is 11.4. The van der Waals surface area contributed by atoms with Crippen molar-refractivity contribution in [3.8, 4) is 0 Å². The highest BCUT2D eigenvalue weighted by Crippen LogP contribution is 2.22. The van der Waals surface area contributed by atoms with Gasteiger partial charge in [-0.3, -0.25) is 4.90 Å². The zero-order valence-electron chi connectivity index (χ0n) is 8.80. The number of hydrogen-bond acceptors (Lipinski definition) is 4. The number of carbonyl (C=O) groups is 2. The van der Waals surface area contributed by atoms with E-state index >= 15 is 0 Å². The zero-order valence-corrected chi connectivity index (χ0v) is 9.62. The second-order valence-corrected chi connectivity index (χ2v) is 4.43. The predicted octanol–water partition coefficient (Wildman–Crippen LogP) is 1.38. The first kappa shape index (κ1) is 12.2. The van der Waals surface area contributed by atoms with Crippen molar-refractivity contribution in [3.05, 3.63) is 0 Å². The Morgan fingerprint density at radius 3 is 2.87 bits per heavy atom. The van der Waals surface area contributed by atoms with Crippen LogP contribution in [-0.4, -0.2) is 45.8 Å². The van der Waals surface area contributed by atoms with Crippen LogP contribution in [0.15, 0.2) is 0 Å². The predicted molar refractivity (Wildman–Crippen MR) is 56.8 cm³/mol. The van der Waals surface area contributed by atoms with Crippen molar-refractivity contribution in [2.24, 2.45) is 0 Å². The minimum atomic E-state index is -0.971. The first-order valence-electron chi connectivity index (χ1n) is 4.84. The molecule has 6 heteroatoms. The van der Waals surface area contributed by atoms with Crippen LogP contribution in [0.25, 0.3) is 0 Å². The van der Waals surface area contributed by atoms with Gasteiger partial charge in [-0.1, -0.05) is 6.92 Å². The van der Waals surface area contributed by atoms with E-state index in [9.17, 15) is 9.59 Å². The first-order chi connectivity index (χ1) is 7.06. The van der Waals surface area contributed by atoms with Crippen LogP contribution in [0.5, 0.6) is 0 Å². The van der Waals surface area contributed by atoms with Crippen molar-refractivity contribution in [2.75, 3.05) is 11.6 Å². The first-order valence-corrected chi connectivity index (χ1v) is 5.99. The summed E-state index contributed by atoms with van der Waals surface area (Å²) >= 11 is 1.43. The highest BCUT2D eigenvalue weighted by atomic mass is 32.2. The summed E-state index contributed by atoms with van der Waals surface area (Å²) in [5, 5.41) is 8.86. The van der Waals surface area contributed by atoms with Crippen LogP contribution in [0, 0.1) is 0 Å². The van der Waals surface area contributed by atoms with Crippen molar-refractivity contribution in [3.63, 3.8) is 0 Å². The van der Waals surface area contributed by atoms with E-state index in [0.29, 0.717) is 11.6 Å². The number of ether oxygens (including phenoxy) is 1. The van der Waals surface area contributed by atoms with E-state index in [4.69, 9.17) is 9.84 Å². The third kappa shape index (κ3) is 3.02. The lowest BCUT2D eigenvalue weighted by molar-refractivity contribution is -0.141. The second-order valence-electron chi connectivity index (χ2n) is 3.43. The summed E-state index contributed by atoms with van der Waals surface area (Å²) in [7, 11) is 0. The lowest BCUT2D eigenvalue weighted by atomic mass is 10.3. The van der Waals surface area contributed by atoms with E-state index in [2.05, 4.69) is 0 Å². The third-order valence-corrected chi connectivity index (χ3v) is 3.29. The van der Waals surface area contributed by atoms with Gasteiger partial charge in [-0.15, -0.1) is 11.8 Å². The molecule has 1 amide bonds. The molecule has 0 aliphatic carbocycles. The van der Waals surface area contributed by atoms with Gasteiger partial charge in [0.25, 0.3) is 0 Å². The quantitative estimate of drug-likeness (QED) is 0.797. The van der Waals surface area contributed by atoms with Gasteiger partial charge in [0, 0.05) is 5.75 Å². The third-order valence-electron chi connectivity index (χ3n) is 2.28. The number of hydrogen-bond donors (Lipinski definition) is 1. The molecule has 0 aromatic carbocycles. The summed E-state index contributed by atoms with van der Waals surface area (Å²) in [6.07, 6.45) is 0.0316. The Bertz CT molecular complexity index is 258. The van der Waals surface area contributed by atoms with Crippen LogP contribution in [0.1, 0.15) is 20.3 Å². The van der Waals surface area contributed by atoms with E-state index in [1.54, 1.807) is 6.92 Å². The van der Waals surface area contributed by atoms with Gasteiger partial charge in [-0.25, -0.2) is 9.59 Å². The molecule has 0 saturated carbocycles. The van der Waals surface area contributed by atoms with Crippen LogP contribution in [-0.2, 0) is 9.53 Å². The number of amides is 1. The Hall–Kier alpha value is -0.910. The topological polar surface area (TPSA) is 66.8 Å². The molecule has 1 aliphatic heterocycles. The van der Waals surface area contributed by atoms with Crippen LogP contribution in [0.4, 0.5) is 4.79 Å². The minimum Gasteiger partial charge on any atom is -0.480 e. The molecule has 0 aromatic heterocycles. The standard InChI is InChI=1S/C9H15NO4S/c1-3-6(2)14-9(13)10-5-15-4-7(10)8(11)12/h6-7H,3-5H2,1-2H3,(H,11,12)/t6?,7-/m0/s1. The van der Waals surface area contributed by atoms with Crippen LogP contribution in [0.2, 0.25) is 0 Å². The lowest BCUT2D eigenvalue weighted by Gasteiger charge is -2.21. The number of aliphatic carboxylic acids is 1. The van der Waals surface area contributed by atoms with Gasteiger partial charge in [0.1, 0.15) is 12.1 Å². The van der Waals surface area contributed by atoms with Crippen LogP contribution >= 0.6 is 11.8 Å². The highest BCUT2D eigenvalue weighted by Gasteiger charge is 2.35. The molecule has 1 fully saturated rings. The average Bonchev–Trinajstić information content (AvgIpc) is 2.65. The van der Waals surface area contributed by atoms with Gasteiger partial charge in [-0.05, 0) is 13.3 Å². The fourth-order valence-corrected chi connectivity index (χ4v) is 2.28. The maximum Gasteiger partial charge on any atom is 0.411 e. The number of carbonyl (C=O) groups excluding carboxylic acids is 1. The number of thioether (sulfide) groups is 1. The van der Waals surface area contributed by atoms with E-state index in [1.165, 1.54) is 16.7 Å². The van der Waals surface area contributed by atoms with Crippen molar-refractivity contribution in [1.29, 1.82) is 0 Å². The molecule has 0 radical (unpaired) electrons. The summed E-state index contributed by atoms with van der Waals surface area (Å²) in [4.78, 5) is 23.6. The fraction of sp³-hybridized carbons (Fsp3) is 0.778. The van der Waals surface area contributed by atoms with Gasteiger partial charge in [0.15, 0.2) is 0 Å². The van der Waals surface area contributed by atoms with Crippen molar-refractivity contribution < 1.29 is 19.4 Å². The molecule has 1 aliphatic rings. The summed E-state index contributed by atoms with van der Waals surface area (Å²) in [6.45, 7) is 3.70. The van der Waals surface area contributed by atoms with Crippen molar-refractivity contribution >= 4 is 23.8 Å². The Kier molecular flexibility index (Phi) is 4.26. The Balaban J connectivity index is 2.55. The smallest absolute Gasteiger partial charge is 0.411 e. The molecule has 0 aromatic rings. The van der Waals surface area contributed by atoms with Gasteiger partial charge in [-0.2, -0.15) is 0 Å². The summed E-state index contributed by atoms with van der Waals surface area (Å²) in [5.41, 5.74) is 0. The molecular formula is C9H15NO4S. The van der Waals surface area contributed by atoms with Gasteiger partial charge in [0.05, 0.1) is 5.88 Å². The largest absolute Gasteiger partial charge is 0.480 e. The molecule has 0 spiro atoms. The molecule has 0 bridgehead atoms. The Morgan fingerprint density at radius 2 is 2.33 bits per heavy atom. The van der Waals surface area contributed by atoms with E-state index in [-0.39, 0.29) is 6.10 Å². The van der Waals surface area contributed by atoms with Gasteiger partial charge < -0.3 is 9.84 Å². The van der Waals surface area contributed by atoms with Gasteiger partial charge >= 0.3 is 12.1 Å². The fourth-order valence-electron chi connectivity index (χ4n) is 1.15. The molecule has 86 valence electrons. The SMILES string of the molecule is CCC(C)OC(=O)N1CSC[C@H]1C(=O)O. The highest BCUT2D eigenvalue weighted by molar-refractivity contribution is 7.99. The number of carboxylic acid groups (broad SMARTS) is 1. The number of carboxylic acids is 1. The molecular weight excluding hydrogens is 218 g/mol. The molecule has 1 unspecified atom stereocenters. The number of rotatable bonds is 3.